The molecule has 0 saturated heterocycles. The Balaban J connectivity index is 1.59. The van der Waals surface area contributed by atoms with Gasteiger partial charge in [-0.3, -0.25) is 14.4 Å². The Morgan fingerprint density at radius 1 is 1.00 bits per heavy atom. The molecule has 2 atom stereocenters. The van der Waals surface area contributed by atoms with Crippen LogP contribution in [0.15, 0.2) is 47.4 Å². The number of nitrogens with one attached hydrogen (secondary N) is 1. The van der Waals surface area contributed by atoms with Gasteiger partial charge in [-0.25, -0.2) is 4.39 Å². The van der Waals surface area contributed by atoms with Crippen LogP contribution in [0.2, 0.25) is 0 Å². The van der Waals surface area contributed by atoms with Gasteiger partial charge >= 0.3 is 12.1 Å². The number of aliphatic carboxylic acids is 1. The number of nitrogens with zero attached hydrogens (tertiary/aromatic N) is 2. The first-order valence-electron chi connectivity index (χ1n) is 17.1. The molecule has 264 valence electrons. The minimum atomic E-state index is -4.77. The number of rotatable bonds is 7. The minimum Gasteiger partial charge on any atom is -0.481 e. The maximum Gasteiger partial charge on any atom is 0.416 e. The summed E-state index contributed by atoms with van der Waals surface area (Å²) >= 11 is 0. The fourth-order valence-corrected chi connectivity index (χ4v) is 7.02. The fraction of sp³-hybridized carbons (Fsp3) is 0.500. The second kappa shape index (κ2) is 15.3. The smallest absolute Gasteiger partial charge is 0.416 e. The van der Waals surface area contributed by atoms with Crippen LogP contribution in [-0.2, 0) is 28.6 Å². The van der Waals surface area contributed by atoms with Crippen molar-refractivity contribution >= 4 is 11.9 Å². The normalized spacial score (nSPS) is 19.4. The van der Waals surface area contributed by atoms with E-state index < -0.39 is 53.5 Å². The van der Waals surface area contributed by atoms with Gasteiger partial charge in [0, 0.05) is 24.4 Å². The third-order valence-corrected chi connectivity index (χ3v) is 9.70. The molecule has 0 unspecified atom stereocenters. The lowest BCUT2D eigenvalue weighted by atomic mass is 9.87. The van der Waals surface area contributed by atoms with Gasteiger partial charge in [-0.05, 0) is 111 Å². The third kappa shape index (κ3) is 8.98. The number of fused-ring (bicyclic) bond motifs is 4. The van der Waals surface area contributed by atoms with E-state index >= 15 is 4.39 Å². The molecular weight excluding hydrogens is 638 g/mol. The van der Waals surface area contributed by atoms with Crippen molar-refractivity contribution in [3.8, 4) is 11.1 Å². The summed E-state index contributed by atoms with van der Waals surface area (Å²) in [5, 5.41) is 12.5. The van der Waals surface area contributed by atoms with Crippen molar-refractivity contribution in [1.82, 2.24) is 14.8 Å². The monoisotopic (exact) mass is 683 g/mol. The Morgan fingerprint density at radius 3 is 2.39 bits per heavy atom. The van der Waals surface area contributed by atoms with Crippen LogP contribution in [0, 0.1) is 12.7 Å². The maximum absolute atomic E-state index is 15.6. The van der Waals surface area contributed by atoms with Gasteiger partial charge < -0.3 is 19.9 Å². The number of pyridine rings is 1. The summed E-state index contributed by atoms with van der Waals surface area (Å²) in [5.74, 6) is -2.17. The highest BCUT2D eigenvalue weighted by Gasteiger charge is 2.36. The topological polar surface area (TPSA) is 91.6 Å². The van der Waals surface area contributed by atoms with E-state index in [9.17, 15) is 32.7 Å². The van der Waals surface area contributed by atoms with Crippen LogP contribution in [0.1, 0.15) is 109 Å². The molecule has 7 nitrogen and oxygen atoms in total. The summed E-state index contributed by atoms with van der Waals surface area (Å²) in [6.45, 7) is 2.31. The Bertz CT molecular complexity index is 1750. The number of halogens is 4. The molecule has 1 aliphatic heterocycles. The van der Waals surface area contributed by atoms with Gasteiger partial charge in [0.15, 0.2) is 0 Å². The molecule has 2 N–H and O–H groups in total. The van der Waals surface area contributed by atoms with Crippen LogP contribution in [0.4, 0.5) is 17.6 Å². The summed E-state index contributed by atoms with van der Waals surface area (Å²) in [4.78, 5) is 41.1. The van der Waals surface area contributed by atoms with E-state index in [1.165, 1.54) is 11.6 Å². The molecule has 0 radical (unpaired) electrons. The van der Waals surface area contributed by atoms with Crippen LogP contribution < -0.4 is 10.9 Å². The number of amides is 1. The number of hydrogen-bond acceptors (Lipinski definition) is 4. The van der Waals surface area contributed by atoms with E-state index in [2.05, 4.69) is 17.4 Å². The first-order chi connectivity index (χ1) is 23.2. The first kappa shape index (κ1) is 36.3. The average Bonchev–Trinajstić information content (AvgIpc) is 3.87. The molecule has 1 aliphatic carbocycles. The molecule has 49 heavy (non-hydrogen) atoms. The molecule has 3 aromatic rings. The molecule has 1 aromatic heterocycles. The summed E-state index contributed by atoms with van der Waals surface area (Å²) in [6, 6.07) is 6.97. The zero-order chi connectivity index (χ0) is 35.5. The lowest BCUT2D eigenvalue weighted by Gasteiger charge is -2.26. The Morgan fingerprint density at radius 2 is 1.71 bits per heavy atom. The van der Waals surface area contributed by atoms with E-state index in [1.54, 1.807) is 31.1 Å². The van der Waals surface area contributed by atoms with E-state index in [4.69, 9.17) is 0 Å². The van der Waals surface area contributed by atoms with Gasteiger partial charge in [0.2, 0.25) is 5.91 Å². The number of carbonyl (C=O) groups is 2. The maximum atomic E-state index is 15.6. The molecule has 2 bridgehead atoms. The third-order valence-electron chi connectivity index (χ3n) is 9.70. The van der Waals surface area contributed by atoms with Crippen molar-refractivity contribution in [3.63, 3.8) is 0 Å². The van der Waals surface area contributed by atoms with E-state index in [1.807, 2.05) is 6.92 Å². The molecule has 2 heterocycles. The lowest BCUT2D eigenvalue weighted by Crippen LogP contribution is -2.40. The zero-order valence-corrected chi connectivity index (χ0v) is 28.3. The van der Waals surface area contributed by atoms with E-state index in [0.29, 0.717) is 24.0 Å². The van der Waals surface area contributed by atoms with Gasteiger partial charge in [-0.1, -0.05) is 43.9 Å². The number of aromatic nitrogens is 1. The van der Waals surface area contributed by atoms with Crippen LogP contribution in [0.5, 0.6) is 0 Å². The van der Waals surface area contributed by atoms with E-state index in [0.717, 1.165) is 72.4 Å². The van der Waals surface area contributed by atoms with Gasteiger partial charge in [0.25, 0.3) is 5.56 Å². The van der Waals surface area contributed by atoms with Crippen molar-refractivity contribution in [1.29, 1.82) is 0 Å². The molecule has 0 spiro atoms. The number of carbonyl (C=O) groups excluding carboxylic acids is 1. The van der Waals surface area contributed by atoms with E-state index in [-0.39, 0.29) is 30.5 Å². The van der Waals surface area contributed by atoms with Crippen LogP contribution in [-0.4, -0.2) is 47.1 Å². The van der Waals surface area contributed by atoms with Gasteiger partial charge in [-0.15, -0.1) is 0 Å². The molecule has 11 heteroatoms. The Labute approximate surface area is 284 Å². The predicted molar refractivity (Wildman–Crippen MR) is 180 cm³/mol. The van der Waals surface area contributed by atoms with Gasteiger partial charge in [0.1, 0.15) is 11.9 Å². The molecule has 2 aromatic carbocycles. The van der Waals surface area contributed by atoms with Crippen LogP contribution in [0.25, 0.3) is 11.1 Å². The highest BCUT2D eigenvalue weighted by atomic mass is 19.4. The first-order valence-corrected chi connectivity index (χ1v) is 17.1. The number of carboxylic acid groups (broad SMARTS) is 1. The average molecular weight is 684 g/mol. The number of likely N-dealkylation sites (N-methyl/N-ethyl adjacent to an activating group) is 1. The standard InChI is InChI=1S/C38H45F4N3O4/c1-23-17-28(24-11-12-24)18-25-9-7-5-4-6-8-10-33(45-22-27(15-16-44(2)3)30(20-34(45)46)38(40,41)42)37(49)43-32(21-35(47)48)29-19-26(36(23)25)13-14-31(29)39/h13-14,17-20,22,24,32-33H,4-12,15-16,21H2,1-3H3,(H,43,49)(H,47,48)/t32-,33-/m0/s1. The summed E-state index contributed by atoms with van der Waals surface area (Å²) in [6.07, 6.45) is 2.90. The number of carboxylic acids is 1. The summed E-state index contributed by atoms with van der Waals surface area (Å²) in [5.41, 5.74) is 3.02. The molecule has 1 saturated carbocycles. The van der Waals surface area contributed by atoms with Crippen molar-refractivity contribution in [2.24, 2.45) is 0 Å². The van der Waals surface area contributed by atoms with Crippen LogP contribution >= 0.6 is 0 Å². The number of benzene rings is 2. The highest BCUT2D eigenvalue weighted by molar-refractivity contribution is 5.82. The summed E-state index contributed by atoms with van der Waals surface area (Å²) in [7, 11) is 3.45. The fourth-order valence-electron chi connectivity index (χ4n) is 7.02. The number of alkyl halides is 3. The molecule has 1 amide bonds. The van der Waals surface area contributed by atoms with Crippen molar-refractivity contribution in [2.75, 3.05) is 20.6 Å². The predicted octanol–water partition coefficient (Wildman–Crippen LogP) is 7.73. The van der Waals surface area contributed by atoms with Crippen molar-refractivity contribution in [2.45, 2.75) is 102 Å². The SMILES string of the molecule is Cc1cc(C2CC2)cc2c1-c1ccc(F)c(c1)[C@H](CC(=O)O)NC(=O)[C@@H](n1cc(CCN(C)C)c(C(F)(F)F)cc1=O)CCCCCCC2. The lowest BCUT2D eigenvalue weighted by molar-refractivity contribution is -0.139. The van der Waals surface area contributed by atoms with Gasteiger partial charge in [0.05, 0.1) is 18.0 Å². The number of hydrogen-bond donors (Lipinski definition) is 2. The van der Waals surface area contributed by atoms with Gasteiger partial charge in [-0.2, -0.15) is 13.2 Å². The molecular formula is C38H45F4N3O4. The zero-order valence-electron chi connectivity index (χ0n) is 28.3. The molecule has 5 rings (SSSR count). The Kier molecular flexibility index (Phi) is 11.3. The van der Waals surface area contributed by atoms with Crippen molar-refractivity contribution in [3.05, 3.63) is 92.1 Å². The molecule has 1 fully saturated rings. The minimum absolute atomic E-state index is 0.0119. The van der Waals surface area contributed by atoms with Crippen molar-refractivity contribution < 1.29 is 32.3 Å². The molecule has 2 aliphatic rings. The second-order valence-electron chi connectivity index (χ2n) is 13.9. The largest absolute Gasteiger partial charge is 0.481 e. The Hall–Kier alpha value is -3.99. The quantitative estimate of drug-likeness (QED) is 0.249. The number of aryl methyl sites for hydroxylation is 2. The summed E-state index contributed by atoms with van der Waals surface area (Å²) < 4.78 is 58.6. The van der Waals surface area contributed by atoms with Crippen LogP contribution in [0.3, 0.4) is 0 Å². The second-order valence-corrected chi connectivity index (χ2v) is 13.9. The highest BCUT2D eigenvalue weighted by Crippen LogP contribution is 2.43.